The Balaban J connectivity index is 0.00000120. The van der Waals surface area contributed by atoms with E-state index in [4.69, 9.17) is 23.2 Å². The summed E-state index contributed by atoms with van der Waals surface area (Å²) in [5.74, 6) is -1.19. The van der Waals surface area contributed by atoms with Gasteiger partial charge in [-0.25, -0.2) is 20.9 Å². The number of carbonyl (C=O) groups excluding carboxylic acids is 2. The van der Waals surface area contributed by atoms with Crippen LogP contribution in [-0.4, -0.2) is 29.9 Å². The van der Waals surface area contributed by atoms with Crippen LogP contribution in [0.2, 0.25) is 10.0 Å². The van der Waals surface area contributed by atoms with Crippen LogP contribution in [0.25, 0.3) is 11.1 Å². The van der Waals surface area contributed by atoms with Crippen LogP contribution < -0.4 is 108 Å². The Morgan fingerprint density at radius 1 is 1.17 bits per heavy atom. The van der Waals surface area contributed by atoms with Gasteiger partial charge in [0.2, 0.25) is 0 Å². The minimum Gasteiger partial charge on any atom is -0.376 e. The molecule has 2 aromatic carbocycles. The van der Waals surface area contributed by atoms with E-state index in [1.807, 2.05) is 0 Å². The van der Waals surface area contributed by atoms with Crippen LogP contribution >= 0.6 is 23.2 Å². The SMILES string of the molecule is CN(C(=O)c1c(F)cccc1Cl)c1[c-]cc(-c2cc([C-]=O)ccc2Cl)cn1.[CH2-]CC(C)(F)C[CH2-].[K+].[K+]. The van der Waals surface area contributed by atoms with Crippen LogP contribution in [0, 0.1) is 25.7 Å². The van der Waals surface area contributed by atoms with Crippen LogP contribution in [0.4, 0.5) is 14.6 Å². The Hall–Kier alpha value is 0.443. The number of hydrogen-bond donors (Lipinski definition) is 0. The van der Waals surface area contributed by atoms with Crippen LogP contribution in [0.5, 0.6) is 0 Å². The van der Waals surface area contributed by atoms with E-state index in [2.05, 4.69) is 24.9 Å². The maximum atomic E-state index is 14.0. The number of benzene rings is 2. The minimum absolute atomic E-state index is 0. The minimum atomic E-state index is -1.14. The molecule has 0 N–H and O–H groups in total. The molecule has 0 atom stereocenters. The van der Waals surface area contributed by atoms with Gasteiger partial charge in [0, 0.05) is 17.9 Å². The first kappa shape index (κ1) is 36.4. The van der Waals surface area contributed by atoms with E-state index in [-0.39, 0.29) is 119 Å². The van der Waals surface area contributed by atoms with Crippen LogP contribution in [0.3, 0.4) is 0 Å². The monoisotopic (exact) mass is 580 g/mol. The van der Waals surface area contributed by atoms with Crippen molar-refractivity contribution in [3.05, 3.63) is 95.6 Å². The molecule has 3 rings (SSSR count). The van der Waals surface area contributed by atoms with E-state index >= 15 is 0 Å². The van der Waals surface area contributed by atoms with Crippen molar-refractivity contribution in [1.82, 2.24) is 4.98 Å². The number of nitrogens with zero attached hydrogens (tertiary/aromatic N) is 2. The van der Waals surface area contributed by atoms with Crippen molar-refractivity contribution < 1.29 is 121 Å². The first-order chi connectivity index (χ1) is 16.0. The molecule has 0 radical (unpaired) electrons. The number of rotatable bonds is 6. The van der Waals surface area contributed by atoms with Crippen molar-refractivity contribution >= 4 is 41.2 Å². The molecule has 0 aliphatic carbocycles. The van der Waals surface area contributed by atoms with Crippen molar-refractivity contribution in [1.29, 1.82) is 0 Å². The van der Waals surface area contributed by atoms with Gasteiger partial charge in [-0.1, -0.05) is 29.3 Å². The summed E-state index contributed by atoms with van der Waals surface area (Å²) in [5.41, 5.74) is 0.155. The number of carbonyl (C=O) groups is 1. The fourth-order valence-corrected chi connectivity index (χ4v) is 3.05. The molecule has 10 heteroatoms. The number of anilines is 1. The van der Waals surface area contributed by atoms with Gasteiger partial charge < -0.3 is 23.5 Å². The Morgan fingerprint density at radius 2 is 1.81 bits per heavy atom. The summed E-state index contributed by atoms with van der Waals surface area (Å²) in [6.07, 6.45) is 3.91. The van der Waals surface area contributed by atoms with E-state index in [0.717, 1.165) is 11.0 Å². The standard InChI is InChI=1S/C20H11Cl2FN2O2.C6H11F.2K/c1-25(20(27)19-16(22)3-2-4-17(19)23)18-8-6-13(10-24-18)14-9-12(11-26)5-7-15(14)21;1-4-6(3,7)5-2;;/h2-7,9-10H,1H3;1-2,4-5H2,3H3;;/q2*-2;2*+1. The first-order valence-electron chi connectivity index (χ1n) is 10.1. The van der Waals surface area contributed by atoms with Crippen molar-refractivity contribution in [3.8, 4) is 11.1 Å². The molecule has 0 fully saturated rings. The summed E-state index contributed by atoms with van der Waals surface area (Å²) in [4.78, 5) is 28.7. The quantitative estimate of drug-likeness (QED) is 0.321. The molecule has 1 amide bonds. The summed E-state index contributed by atoms with van der Waals surface area (Å²) in [6.45, 7) is 8.33. The summed E-state index contributed by atoms with van der Waals surface area (Å²) in [6, 6.07) is 13.2. The zero-order valence-corrected chi connectivity index (χ0v) is 28.4. The number of amides is 1. The second-order valence-electron chi connectivity index (χ2n) is 7.50. The van der Waals surface area contributed by atoms with E-state index in [1.165, 1.54) is 32.3 Å². The maximum absolute atomic E-state index is 14.0. The molecule has 0 aliphatic heterocycles. The van der Waals surface area contributed by atoms with Crippen LogP contribution in [0.15, 0.2) is 48.7 Å². The number of aromatic nitrogens is 1. The molecule has 36 heavy (non-hydrogen) atoms. The fourth-order valence-electron chi connectivity index (χ4n) is 2.58. The van der Waals surface area contributed by atoms with E-state index in [9.17, 15) is 18.4 Å². The van der Waals surface area contributed by atoms with Gasteiger partial charge >= 0.3 is 103 Å². The van der Waals surface area contributed by atoms with E-state index in [1.54, 1.807) is 30.6 Å². The average Bonchev–Trinajstić information content (AvgIpc) is 2.84. The molecule has 0 unspecified atom stereocenters. The smallest absolute Gasteiger partial charge is 0.376 e. The van der Waals surface area contributed by atoms with E-state index in [0.29, 0.717) is 34.6 Å². The third-order valence-corrected chi connectivity index (χ3v) is 5.56. The van der Waals surface area contributed by atoms with Crippen LogP contribution in [0.1, 0.15) is 35.7 Å². The largest absolute Gasteiger partial charge is 1.00 e. The summed E-state index contributed by atoms with van der Waals surface area (Å²) < 4.78 is 26.4. The number of alkyl halides is 1. The van der Waals surface area contributed by atoms with Crippen molar-refractivity contribution in [3.63, 3.8) is 0 Å². The summed E-state index contributed by atoms with van der Waals surface area (Å²) in [5, 5.41) is 0.441. The fraction of sp³-hybridized carbons (Fsp3) is 0.192. The normalized spacial score (nSPS) is 10.2. The molecule has 180 valence electrons. The predicted molar refractivity (Wildman–Crippen MR) is 132 cm³/mol. The van der Waals surface area contributed by atoms with E-state index < -0.39 is 17.4 Å². The van der Waals surface area contributed by atoms with Gasteiger partial charge in [0.15, 0.2) is 0 Å². The molecule has 1 heterocycles. The van der Waals surface area contributed by atoms with Gasteiger partial charge in [-0.2, -0.15) is 23.3 Å². The van der Waals surface area contributed by atoms with Gasteiger partial charge in [-0.15, -0.1) is 24.5 Å². The Morgan fingerprint density at radius 3 is 2.28 bits per heavy atom. The third-order valence-electron chi connectivity index (χ3n) is 4.92. The van der Waals surface area contributed by atoms with Crippen molar-refractivity contribution in [2.24, 2.45) is 0 Å². The maximum Gasteiger partial charge on any atom is 1.00 e. The number of pyridine rings is 1. The molecule has 4 nitrogen and oxygen atoms in total. The zero-order chi connectivity index (χ0) is 25.5. The number of hydrogen-bond acceptors (Lipinski definition) is 3. The first-order valence-corrected chi connectivity index (χ1v) is 10.9. The second kappa shape index (κ2) is 17.2. The van der Waals surface area contributed by atoms with Crippen molar-refractivity contribution in [2.75, 3.05) is 11.9 Å². The van der Waals surface area contributed by atoms with Gasteiger partial charge in [0.05, 0.1) is 22.5 Å². The topological polar surface area (TPSA) is 50.3 Å². The zero-order valence-electron chi connectivity index (χ0n) is 20.7. The number of halogens is 4. The summed E-state index contributed by atoms with van der Waals surface area (Å²) in [7, 11) is 1.44. The third kappa shape index (κ3) is 10.2. The molecular weight excluding hydrogens is 559 g/mol. The van der Waals surface area contributed by atoms with Crippen molar-refractivity contribution in [2.45, 2.75) is 25.4 Å². The molecule has 1 aromatic heterocycles. The Labute approximate surface area is 306 Å². The van der Waals surface area contributed by atoms with Gasteiger partial charge in [0.25, 0.3) is 5.91 Å². The molecule has 0 bridgehead atoms. The average molecular weight is 582 g/mol. The van der Waals surface area contributed by atoms with Crippen LogP contribution in [-0.2, 0) is 4.79 Å². The molecule has 0 aliphatic rings. The molecular formula is C26H22Cl2F2K2N2O2-2. The molecule has 3 aromatic rings. The van der Waals surface area contributed by atoms with Gasteiger partial charge in [-0.3, -0.25) is 9.78 Å². The predicted octanol–water partition coefficient (Wildman–Crippen LogP) is 0.900. The van der Waals surface area contributed by atoms with Gasteiger partial charge in [0.1, 0.15) is 5.82 Å². The second-order valence-corrected chi connectivity index (χ2v) is 8.31. The molecule has 0 saturated carbocycles. The Bertz CT molecular complexity index is 1140. The summed E-state index contributed by atoms with van der Waals surface area (Å²) >= 11 is 12.1. The Kier molecular flexibility index (Phi) is 17.4. The van der Waals surface area contributed by atoms with Gasteiger partial charge in [-0.05, 0) is 25.3 Å². The molecule has 0 saturated heterocycles. The molecule has 0 spiro atoms.